The van der Waals surface area contributed by atoms with Crippen LogP contribution in [0.4, 0.5) is 5.13 Å². The van der Waals surface area contributed by atoms with Gasteiger partial charge >= 0.3 is 0 Å². The van der Waals surface area contributed by atoms with Gasteiger partial charge in [0.2, 0.25) is 0 Å². The van der Waals surface area contributed by atoms with Crippen LogP contribution in [0, 0.1) is 0 Å². The molecule has 1 aromatic heterocycles. The Morgan fingerprint density at radius 2 is 2.36 bits per heavy atom. The molecule has 0 saturated heterocycles. The van der Waals surface area contributed by atoms with Gasteiger partial charge in [-0.05, 0) is 15.9 Å². The van der Waals surface area contributed by atoms with Crippen molar-refractivity contribution in [1.29, 1.82) is 0 Å². The van der Waals surface area contributed by atoms with Crippen LogP contribution < -0.4 is 10.6 Å². The van der Waals surface area contributed by atoms with Gasteiger partial charge in [0, 0.05) is 32.1 Å². The van der Waals surface area contributed by atoms with E-state index in [9.17, 15) is 0 Å². The molecule has 1 heterocycles. The molecule has 0 bridgehead atoms. The maximum absolute atomic E-state index is 4.91. The number of hydrogen-bond acceptors (Lipinski definition) is 5. The molecule has 2 N–H and O–H groups in total. The molecule has 80 valence electrons. The van der Waals surface area contributed by atoms with E-state index in [1.165, 1.54) is 0 Å². The minimum absolute atomic E-state index is 0.753. The normalized spacial score (nSPS) is 10.4. The van der Waals surface area contributed by atoms with Gasteiger partial charge in [0.25, 0.3) is 0 Å². The Hall–Kier alpha value is -0.170. The van der Waals surface area contributed by atoms with Gasteiger partial charge in [-0.15, -0.1) is 11.3 Å². The van der Waals surface area contributed by atoms with Crippen LogP contribution in [0.5, 0.6) is 0 Å². The lowest BCUT2D eigenvalue weighted by Crippen LogP contribution is -2.25. The first-order valence-corrected chi connectivity index (χ1v) is 6.04. The molecule has 4 nitrogen and oxygen atoms in total. The van der Waals surface area contributed by atoms with Crippen molar-refractivity contribution in [2.45, 2.75) is 0 Å². The number of halogens is 1. The van der Waals surface area contributed by atoms with Crippen LogP contribution in [0.25, 0.3) is 0 Å². The van der Waals surface area contributed by atoms with Gasteiger partial charge in [0.15, 0.2) is 5.13 Å². The van der Waals surface area contributed by atoms with Gasteiger partial charge in [0.1, 0.15) is 4.60 Å². The summed E-state index contributed by atoms with van der Waals surface area (Å²) in [5.41, 5.74) is 0. The highest BCUT2D eigenvalue weighted by Gasteiger charge is 1.96. The lowest BCUT2D eigenvalue weighted by molar-refractivity contribution is 0.200. The van der Waals surface area contributed by atoms with E-state index >= 15 is 0 Å². The number of hydrogen-bond donors (Lipinski definition) is 2. The molecule has 0 aliphatic heterocycles. The molecule has 14 heavy (non-hydrogen) atoms. The molecule has 0 saturated carbocycles. The van der Waals surface area contributed by atoms with E-state index in [0.29, 0.717) is 0 Å². The highest BCUT2D eigenvalue weighted by atomic mass is 79.9. The largest absolute Gasteiger partial charge is 0.383 e. The Balaban J connectivity index is 1.99. The standard InChI is InChI=1S/C8H14BrN3OS/c1-13-5-4-10-2-3-11-8-12-7(9)6-14-8/h6,10H,2-5H2,1H3,(H,11,12). The van der Waals surface area contributed by atoms with Crippen molar-refractivity contribution in [3.63, 3.8) is 0 Å². The van der Waals surface area contributed by atoms with Crippen molar-refractivity contribution in [2.75, 3.05) is 38.7 Å². The summed E-state index contributed by atoms with van der Waals surface area (Å²) in [6.45, 7) is 3.44. The third-order valence-electron chi connectivity index (χ3n) is 1.54. The van der Waals surface area contributed by atoms with E-state index < -0.39 is 0 Å². The van der Waals surface area contributed by atoms with Gasteiger partial charge < -0.3 is 15.4 Å². The summed E-state index contributed by atoms with van der Waals surface area (Å²) in [6.07, 6.45) is 0. The topological polar surface area (TPSA) is 46.2 Å². The van der Waals surface area contributed by atoms with E-state index in [2.05, 4.69) is 31.5 Å². The number of nitrogens with zero attached hydrogens (tertiary/aromatic N) is 1. The Morgan fingerprint density at radius 3 is 3.00 bits per heavy atom. The summed E-state index contributed by atoms with van der Waals surface area (Å²) in [5, 5.41) is 9.37. The first-order valence-electron chi connectivity index (χ1n) is 4.37. The van der Waals surface area contributed by atoms with Crippen LogP contribution in [0.1, 0.15) is 0 Å². The fourth-order valence-electron chi connectivity index (χ4n) is 0.892. The summed E-state index contributed by atoms with van der Waals surface area (Å²) >= 11 is 4.90. The number of ether oxygens (including phenoxy) is 1. The van der Waals surface area contributed by atoms with Crippen LogP contribution in [-0.2, 0) is 4.74 Å². The maximum Gasteiger partial charge on any atom is 0.183 e. The van der Waals surface area contributed by atoms with Crippen molar-refractivity contribution in [1.82, 2.24) is 10.3 Å². The predicted molar refractivity (Wildman–Crippen MR) is 63.0 cm³/mol. The van der Waals surface area contributed by atoms with Crippen molar-refractivity contribution in [2.24, 2.45) is 0 Å². The molecule has 0 aliphatic rings. The number of rotatable bonds is 7. The summed E-state index contributed by atoms with van der Waals surface area (Å²) < 4.78 is 5.80. The quantitative estimate of drug-likeness (QED) is 0.744. The Labute approximate surface area is 96.2 Å². The highest BCUT2D eigenvalue weighted by Crippen LogP contribution is 2.18. The Morgan fingerprint density at radius 1 is 1.50 bits per heavy atom. The zero-order valence-electron chi connectivity index (χ0n) is 8.05. The number of thiazole rings is 1. The van der Waals surface area contributed by atoms with Gasteiger partial charge in [0.05, 0.1) is 6.61 Å². The minimum Gasteiger partial charge on any atom is -0.383 e. The molecular weight excluding hydrogens is 266 g/mol. The molecule has 0 unspecified atom stereocenters. The first-order chi connectivity index (χ1) is 6.83. The Kier molecular flexibility index (Phi) is 6.09. The second-order valence-corrected chi connectivity index (χ2v) is 4.32. The number of aromatic nitrogens is 1. The van der Waals surface area contributed by atoms with Crippen LogP contribution in [0.15, 0.2) is 9.98 Å². The Bertz CT molecular complexity index is 256. The van der Waals surface area contributed by atoms with E-state index in [-0.39, 0.29) is 0 Å². The minimum atomic E-state index is 0.753. The predicted octanol–water partition coefficient (Wildman–Crippen LogP) is 1.55. The summed E-state index contributed by atoms with van der Waals surface area (Å²) in [6, 6.07) is 0. The highest BCUT2D eigenvalue weighted by molar-refractivity contribution is 9.10. The summed E-state index contributed by atoms with van der Waals surface area (Å²) in [5.74, 6) is 0. The van der Waals surface area contributed by atoms with Gasteiger partial charge in [-0.1, -0.05) is 0 Å². The molecule has 0 radical (unpaired) electrons. The second-order valence-electron chi connectivity index (χ2n) is 2.64. The zero-order chi connectivity index (χ0) is 10.2. The van der Waals surface area contributed by atoms with E-state index in [4.69, 9.17) is 4.74 Å². The van der Waals surface area contributed by atoms with Crippen LogP contribution in [0.2, 0.25) is 0 Å². The van der Waals surface area contributed by atoms with Crippen LogP contribution in [0.3, 0.4) is 0 Å². The van der Waals surface area contributed by atoms with E-state index in [1.54, 1.807) is 18.4 Å². The van der Waals surface area contributed by atoms with Crippen molar-refractivity contribution in [3.05, 3.63) is 9.98 Å². The smallest absolute Gasteiger partial charge is 0.183 e. The third-order valence-corrected chi connectivity index (χ3v) is 3.05. The summed E-state index contributed by atoms with van der Waals surface area (Å²) in [7, 11) is 1.70. The van der Waals surface area contributed by atoms with Crippen molar-refractivity contribution >= 4 is 32.4 Å². The van der Waals surface area contributed by atoms with Gasteiger partial charge in [-0.3, -0.25) is 0 Å². The molecular formula is C8H14BrN3OS. The number of methoxy groups -OCH3 is 1. The molecule has 0 atom stereocenters. The fraction of sp³-hybridized carbons (Fsp3) is 0.625. The molecule has 1 aromatic rings. The number of nitrogens with one attached hydrogen (secondary N) is 2. The molecule has 0 aromatic carbocycles. The molecule has 0 spiro atoms. The second kappa shape index (κ2) is 7.17. The van der Waals surface area contributed by atoms with Gasteiger partial charge in [-0.25, -0.2) is 4.98 Å². The van der Waals surface area contributed by atoms with E-state index in [0.717, 1.165) is 36.0 Å². The third kappa shape index (κ3) is 4.90. The average molecular weight is 280 g/mol. The lowest BCUT2D eigenvalue weighted by atomic mass is 10.6. The first kappa shape index (κ1) is 11.9. The van der Waals surface area contributed by atoms with E-state index in [1.807, 2.05) is 5.38 Å². The molecule has 0 aliphatic carbocycles. The zero-order valence-corrected chi connectivity index (χ0v) is 10.4. The molecule has 0 fully saturated rings. The van der Waals surface area contributed by atoms with Crippen LogP contribution >= 0.6 is 27.3 Å². The monoisotopic (exact) mass is 279 g/mol. The van der Waals surface area contributed by atoms with Crippen molar-refractivity contribution in [3.8, 4) is 0 Å². The van der Waals surface area contributed by atoms with Crippen LogP contribution in [-0.4, -0.2) is 38.3 Å². The number of anilines is 1. The molecule has 6 heteroatoms. The fourth-order valence-corrected chi connectivity index (χ4v) is 2.07. The van der Waals surface area contributed by atoms with Gasteiger partial charge in [-0.2, -0.15) is 0 Å². The summed E-state index contributed by atoms with van der Waals surface area (Å²) in [4.78, 5) is 4.22. The van der Waals surface area contributed by atoms with Crippen molar-refractivity contribution < 1.29 is 4.74 Å². The molecule has 1 rings (SSSR count). The maximum atomic E-state index is 4.91. The molecule has 0 amide bonds. The average Bonchev–Trinajstić information content (AvgIpc) is 2.58. The SMILES string of the molecule is COCCNCCNc1nc(Br)cs1. The lowest BCUT2D eigenvalue weighted by Gasteiger charge is -2.04.